The third-order valence-corrected chi connectivity index (χ3v) is 6.94. The number of anilines is 1. The van der Waals surface area contributed by atoms with Crippen molar-refractivity contribution in [3.8, 4) is 0 Å². The Morgan fingerprint density at radius 2 is 1.33 bits per heavy atom. The summed E-state index contributed by atoms with van der Waals surface area (Å²) in [6.07, 6.45) is 0.828. The van der Waals surface area contributed by atoms with Gasteiger partial charge in [0.15, 0.2) is 0 Å². The number of rotatable bonds is 5. The van der Waals surface area contributed by atoms with E-state index in [0.717, 1.165) is 38.5 Å². The first-order valence-electron chi connectivity index (χ1n) is 9.98. The van der Waals surface area contributed by atoms with E-state index in [-0.39, 0.29) is 4.90 Å². The maximum absolute atomic E-state index is 13.7. The SMILES string of the molecule is CCc1ccc(N(C(=O)c2c(C)cc(C)cc2C)S(=O)(=O)c2ccc(C)cc2)cc1. The summed E-state index contributed by atoms with van der Waals surface area (Å²) in [6.45, 7) is 9.55. The van der Waals surface area contributed by atoms with Crippen LogP contribution in [-0.4, -0.2) is 14.3 Å². The molecule has 0 spiro atoms. The van der Waals surface area contributed by atoms with Crippen molar-refractivity contribution in [3.63, 3.8) is 0 Å². The van der Waals surface area contributed by atoms with Crippen LogP contribution >= 0.6 is 0 Å². The van der Waals surface area contributed by atoms with Crippen LogP contribution in [0.3, 0.4) is 0 Å². The molecule has 3 rings (SSSR count). The summed E-state index contributed by atoms with van der Waals surface area (Å²) in [5.41, 5.74) is 5.30. The predicted molar refractivity (Wildman–Crippen MR) is 122 cm³/mol. The number of nitrogens with zero attached hydrogens (tertiary/aromatic N) is 1. The lowest BCUT2D eigenvalue weighted by molar-refractivity contribution is 0.100. The monoisotopic (exact) mass is 421 g/mol. The van der Waals surface area contributed by atoms with Gasteiger partial charge in [-0.25, -0.2) is 8.42 Å². The van der Waals surface area contributed by atoms with Crippen molar-refractivity contribution in [2.45, 2.75) is 45.9 Å². The molecule has 4 nitrogen and oxygen atoms in total. The minimum Gasteiger partial charge on any atom is -0.268 e. The molecule has 0 aliphatic carbocycles. The van der Waals surface area contributed by atoms with Gasteiger partial charge in [0.2, 0.25) is 0 Å². The Bertz CT molecular complexity index is 1160. The molecular formula is C25H27NO3S. The van der Waals surface area contributed by atoms with E-state index in [1.165, 1.54) is 0 Å². The number of hydrogen-bond donors (Lipinski definition) is 0. The van der Waals surface area contributed by atoms with Crippen LogP contribution < -0.4 is 4.31 Å². The molecule has 0 saturated heterocycles. The molecule has 156 valence electrons. The Labute approximate surface area is 179 Å². The molecule has 0 N–H and O–H groups in total. The Morgan fingerprint density at radius 3 is 1.83 bits per heavy atom. The van der Waals surface area contributed by atoms with E-state index in [0.29, 0.717) is 11.3 Å². The lowest BCUT2D eigenvalue weighted by Gasteiger charge is -2.25. The molecule has 5 heteroatoms. The van der Waals surface area contributed by atoms with Gasteiger partial charge in [0.1, 0.15) is 0 Å². The fraction of sp³-hybridized carbons (Fsp3) is 0.240. The van der Waals surface area contributed by atoms with Crippen molar-refractivity contribution in [2.24, 2.45) is 0 Å². The molecule has 0 fully saturated rings. The van der Waals surface area contributed by atoms with Crippen LogP contribution in [0.5, 0.6) is 0 Å². The lowest BCUT2D eigenvalue weighted by Crippen LogP contribution is -2.38. The quantitative estimate of drug-likeness (QED) is 0.545. The molecule has 3 aromatic rings. The van der Waals surface area contributed by atoms with Crippen molar-refractivity contribution in [1.29, 1.82) is 0 Å². The number of hydrogen-bond acceptors (Lipinski definition) is 3. The highest BCUT2D eigenvalue weighted by molar-refractivity contribution is 7.93. The normalized spacial score (nSPS) is 11.4. The molecule has 0 atom stereocenters. The maximum Gasteiger partial charge on any atom is 0.272 e. The fourth-order valence-electron chi connectivity index (χ4n) is 3.67. The number of amides is 1. The van der Waals surface area contributed by atoms with E-state index in [1.807, 2.05) is 58.9 Å². The molecule has 0 radical (unpaired) electrons. The van der Waals surface area contributed by atoms with Gasteiger partial charge in [-0.1, -0.05) is 54.4 Å². The second-order valence-corrected chi connectivity index (χ2v) is 9.47. The second-order valence-electron chi connectivity index (χ2n) is 7.68. The number of benzene rings is 3. The Morgan fingerprint density at radius 1 is 0.800 bits per heavy atom. The van der Waals surface area contributed by atoms with Crippen LogP contribution in [0.25, 0.3) is 0 Å². The van der Waals surface area contributed by atoms with E-state index in [1.54, 1.807) is 36.4 Å². The molecule has 0 unspecified atom stereocenters. The second kappa shape index (κ2) is 8.44. The summed E-state index contributed by atoms with van der Waals surface area (Å²) in [7, 11) is -4.10. The topological polar surface area (TPSA) is 54.5 Å². The number of aryl methyl sites for hydroxylation is 5. The van der Waals surface area contributed by atoms with Crippen molar-refractivity contribution >= 4 is 21.6 Å². The number of carbonyl (C=O) groups excluding carboxylic acids is 1. The van der Waals surface area contributed by atoms with Gasteiger partial charge in [-0.3, -0.25) is 4.79 Å². The van der Waals surface area contributed by atoms with Gasteiger partial charge in [0.05, 0.1) is 10.6 Å². The summed E-state index contributed by atoms with van der Waals surface area (Å²) < 4.78 is 28.1. The fourth-order valence-corrected chi connectivity index (χ4v) is 5.07. The first kappa shape index (κ1) is 21.8. The van der Waals surface area contributed by atoms with Gasteiger partial charge in [-0.05, 0) is 75.1 Å². The average Bonchev–Trinajstić information content (AvgIpc) is 2.68. The Kier molecular flexibility index (Phi) is 6.13. The van der Waals surface area contributed by atoms with Crippen LogP contribution in [0.2, 0.25) is 0 Å². The average molecular weight is 422 g/mol. The maximum atomic E-state index is 13.7. The third kappa shape index (κ3) is 4.17. The van der Waals surface area contributed by atoms with Gasteiger partial charge in [-0.15, -0.1) is 0 Å². The zero-order valence-corrected chi connectivity index (χ0v) is 18.9. The first-order chi connectivity index (χ1) is 14.1. The van der Waals surface area contributed by atoms with Crippen molar-refractivity contribution < 1.29 is 13.2 Å². The van der Waals surface area contributed by atoms with Crippen LogP contribution in [0.1, 0.15) is 45.1 Å². The Hall–Kier alpha value is -2.92. The van der Waals surface area contributed by atoms with Crippen molar-refractivity contribution in [2.75, 3.05) is 4.31 Å². The summed E-state index contributed by atoms with van der Waals surface area (Å²) in [5.74, 6) is -0.546. The molecule has 0 bridgehead atoms. The smallest absolute Gasteiger partial charge is 0.268 e. The zero-order chi connectivity index (χ0) is 22.1. The van der Waals surface area contributed by atoms with Crippen LogP contribution in [0, 0.1) is 27.7 Å². The largest absolute Gasteiger partial charge is 0.272 e. The van der Waals surface area contributed by atoms with Crippen molar-refractivity contribution in [1.82, 2.24) is 0 Å². The highest BCUT2D eigenvalue weighted by atomic mass is 32.2. The van der Waals surface area contributed by atoms with Crippen LogP contribution in [0.4, 0.5) is 5.69 Å². The standard InChI is InChI=1S/C25H27NO3S/c1-6-21-9-11-22(12-10-21)26(30(28,29)23-13-7-17(2)8-14-23)25(27)24-19(4)15-18(3)16-20(24)5/h7-16H,6H2,1-5H3. The summed E-state index contributed by atoms with van der Waals surface area (Å²) in [5, 5.41) is 0. The minimum atomic E-state index is -4.10. The first-order valence-corrected chi connectivity index (χ1v) is 11.4. The molecule has 3 aromatic carbocycles. The van der Waals surface area contributed by atoms with Gasteiger partial charge in [0, 0.05) is 5.56 Å². The van der Waals surface area contributed by atoms with Gasteiger partial charge < -0.3 is 0 Å². The van der Waals surface area contributed by atoms with Crippen LogP contribution in [-0.2, 0) is 16.4 Å². The van der Waals surface area contributed by atoms with Gasteiger partial charge in [-0.2, -0.15) is 4.31 Å². The van der Waals surface area contributed by atoms with E-state index >= 15 is 0 Å². The summed E-state index contributed by atoms with van der Waals surface area (Å²) in [4.78, 5) is 13.8. The minimum absolute atomic E-state index is 0.0865. The van der Waals surface area contributed by atoms with E-state index in [4.69, 9.17) is 0 Å². The molecule has 0 heterocycles. The van der Waals surface area contributed by atoms with Crippen LogP contribution in [0.15, 0.2) is 65.6 Å². The molecule has 0 aliphatic rings. The molecule has 0 saturated carbocycles. The van der Waals surface area contributed by atoms with E-state index in [2.05, 4.69) is 0 Å². The molecular weight excluding hydrogens is 394 g/mol. The van der Waals surface area contributed by atoms with E-state index in [9.17, 15) is 13.2 Å². The number of sulfonamides is 1. The Balaban J connectivity index is 2.22. The summed E-state index contributed by atoms with van der Waals surface area (Å²) in [6, 6.07) is 17.5. The molecule has 0 aromatic heterocycles. The lowest BCUT2D eigenvalue weighted by atomic mass is 9.99. The zero-order valence-electron chi connectivity index (χ0n) is 18.1. The molecule has 1 amide bonds. The van der Waals surface area contributed by atoms with Crippen molar-refractivity contribution in [3.05, 3.63) is 94.0 Å². The highest BCUT2D eigenvalue weighted by Crippen LogP contribution is 2.29. The summed E-state index contributed by atoms with van der Waals surface area (Å²) >= 11 is 0. The van der Waals surface area contributed by atoms with Gasteiger partial charge in [0.25, 0.3) is 15.9 Å². The van der Waals surface area contributed by atoms with Gasteiger partial charge >= 0.3 is 0 Å². The molecule has 30 heavy (non-hydrogen) atoms. The highest BCUT2D eigenvalue weighted by Gasteiger charge is 2.33. The van der Waals surface area contributed by atoms with E-state index < -0.39 is 15.9 Å². The number of carbonyl (C=O) groups is 1. The predicted octanol–water partition coefficient (Wildman–Crippen LogP) is 5.52. The third-order valence-electron chi connectivity index (χ3n) is 5.21. The molecule has 0 aliphatic heterocycles.